The predicted octanol–water partition coefficient (Wildman–Crippen LogP) is 0.373. The highest BCUT2D eigenvalue weighted by atomic mass is 16.5. The molecule has 84 valence electrons. The van der Waals surface area contributed by atoms with Crippen LogP contribution in [0.1, 0.15) is 19.3 Å². The average Bonchev–Trinajstić information content (AvgIpc) is 2.99. The lowest BCUT2D eigenvalue weighted by atomic mass is 10.0. The maximum Gasteiger partial charge on any atom is 0.0932 e. The molecule has 0 bridgehead atoms. The van der Waals surface area contributed by atoms with Crippen LogP contribution in [0, 0.1) is 16.7 Å². The Morgan fingerprint density at radius 3 is 2.93 bits per heavy atom. The fourth-order valence-electron chi connectivity index (χ4n) is 2.24. The van der Waals surface area contributed by atoms with Crippen molar-refractivity contribution in [1.82, 2.24) is 4.90 Å². The van der Waals surface area contributed by atoms with Gasteiger partial charge in [-0.1, -0.05) is 0 Å². The highest BCUT2D eigenvalue weighted by Crippen LogP contribution is 2.49. The number of rotatable bonds is 4. The minimum Gasteiger partial charge on any atom is -0.394 e. The van der Waals surface area contributed by atoms with Gasteiger partial charge in [0.15, 0.2) is 0 Å². The van der Waals surface area contributed by atoms with Crippen molar-refractivity contribution < 1.29 is 9.84 Å². The second-order valence-electron chi connectivity index (χ2n) is 4.75. The van der Waals surface area contributed by atoms with Gasteiger partial charge in [-0.15, -0.1) is 0 Å². The Hall–Kier alpha value is -0.630. The van der Waals surface area contributed by atoms with E-state index < -0.39 is 0 Å². The molecule has 0 aromatic heterocycles. The fourth-order valence-corrected chi connectivity index (χ4v) is 2.24. The van der Waals surface area contributed by atoms with Crippen molar-refractivity contribution in [2.45, 2.75) is 25.4 Å². The largest absolute Gasteiger partial charge is 0.394 e. The maximum absolute atomic E-state index is 9.02. The Balaban J connectivity index is 1.82. The van der Waals surface area contributed by atoms with Gasteiger partial charge in [0.25, 0.3) is 0 Å². The molecule has 4 heteroatoms. The molecule has 1 unspecified atom stereocenters. The third-order valence-corrected chi connectivity index (χ3v) is 3.40. The van der Waals surface area contributed by atoms with Gasteiger partial charge in [-0.25, -0.2) is 0 Å². The predicted molar refractivity (Wildman–Crippen MR) is 55.2 cm³/mol. The molecular formula is C11H18N2O2. The lowest BCUT2D eigenvalue weighted by Crippen LogP contribution is -2.46. The molecule has 2 fully saturated rings. The Kier molecular flexibility index (Phi) is 3.25. The standard InChI is InChI=1S/C11H18N2O2/c12-4-3-11(1-2-11)9-13-5-6-15-10(7-13)8-14/h10,14H,1-3,5-9H2. The smallest absolute Gasteiger partial charge is 0.0932 e. The summed E-state index contributed by atoms with van der Waals surface area (Å²) >= 11 is 0. The molecule has 1 atom stereocenters. The zero-order chi connectivity index (χ0) is 10.7. The second kappa shape index (κ2) is 4.48. The van der Waals surface area contributed by atoms with Gasteiger partial charge in [0.1, 0.15) is 0 Å². The van der Waals surface area contributed by atoms with Crippen molar-refractivity contribution in [1.29, 1.82) is 5.26 Å². The van der Waals surface area contributed by atoms with Crippen LogP contribution in [0.25, 0.3) is 0 Å². The molecular weight excluding hydrogens is 192 g/mol. The summed E-state index contributed by atoms with van der Waals surface area (Å²) in [5, 5.41) is 17.8. The van der Waals surface area contributed by atoms with E-state index in [0.717, 1.165) is 19.6 Å². The average molecular weight is 210 g/mol. The van der Waals surface area contributed by atoms with Crippen molar-refractivity contribution in [2.75, 3.05) is 32.8 Å². The molecule has 1 saturated carbocycles. The SMILES string of the molecule is N#CCC1(CN2CCOC(CO)C2)CC1. The molecule has 2 aliphatic rings. The molecule has 1 aliphatic heterocycles. The molecule has 2 rings (SSSR count). The first kappa shape index (κ1) is 10.9. The Bertz CT molecular complexity index is 258. The molecule has 0 spiro atoms. The molecule has 1 aliphatic carbocycles. The highest BCUT2D eigenvalue weighted by molar-refractivity contribution is 5.01. The molecule has 0 amide bonds. The van der Waals surface area contributed by atoms with E-state index in [9.17, 15) is 0 Å². The number of ether oxygens (including phenoxy) is 1. The third-order valence-electron chi connectivity index (χ3n) is 3.40. The Morgan fingerprint density at radius 2 is 2.33 bits per heavy atom. The maximum atomic E-state index is 9.02. The van der Waals surface area contributed by atoms with Crippen molar-refractivity contribution in [3.05, 3.63) is 0 Å². The summed E-state index contributed by atoms with van der Waals surface area (Å²) in [6.45, 7) is 3.55. The van der Waals surface area contributed by atoms with Crippen LogP contribution in [-0.4, -0.2) is 49.0 Å². The van der Waals surface area contributed by atoms with E-state index in [2.05, 4.69) is 11.0 Å². The number of nitrogens with zero attached hydrogens (tertiary/aromatic N) is 2. The van der Waals surface area contributed by atoms with Crippen LogP contribution in [0.5, 0.6) is 0 Å². The van der Waals surface area contributed by atoms with E-state index in [1.807, 2.05) is 0 Å². The lowest BCUT2D eigenvalue weighted by molar-refractivity contribution is -0.0571. The van der Waals surface area contributed by atoms with Crippen molar-refractivity contribution in [2.24, 2.45) is 5.41 Å². The quantitative estimate of drug-likeness (QED) is 0.728. The minimum atomic E-state index is -0.0309. The molecule has 1 N–H and O–H groups in total. The molecule has 0 aromatic rings. The van der Waals surface area contributed by atoms with Crippen LogP contribution in [-0.2, 0) is 4.74 Å². The summed E-state index contributed by atoms with van der Waals surface area (Å²) in [5.74, 6) is 0. The summed E-state index contributed by atoms with van der Waals surface area (Å²) in [6, 6.07) is 2.28. The van der Waals surface area contributed by atoms with Crippen LogP contribution >= 0.6 is 0 Å². The first-order valence-electron chi connectivity index (χ1n) is 5.60. The second-order valence-corrected chi connectivity index (χ2v) is 4.75. The number of aliphatic hydroxyl groups is 1. The third kappa shape index (κ3) is 2.69. The topological polar surface area (TPSA) is 56.5 Å². The summed E-state index contributed by atoms with van der Waals surface area (Å²) in [5.41, 5.74) is 0.270. The zero-order valence-corrected chi connectivity index (χ0v) is 8.98. The molecule has 4 nitrogen and oxygen atoms in total. The highest BCUT2D eigenvalue weighted by Gasteiger charge is 2.44. The van der Waals surface area contributed by atoms with Crippen LogP contribution in [0.15, 0.2) is 0 Å². The molecule has 15 heavy (non-hydrogen) atoms. The van der Waals surface area contributed by atoms with Gasteiger partial charge in [0.2, 0.25) is 0 Å². The van der Waals surface area contributed by atoms with Gasteiger partial charge >= 0.3 is 0 Å². The summed E-state index contributed by atoms with van der Waals surface area (Å²) in [7, 11) is 0. The number of hydrogen-bond donors (Lipinski definition) is 1. The van der Waals surface area contributed by atoms with Gasteiger partial charge in [0, 0.05) is 26.1 Å². The van der Waals surface area contributed by atoms with E-state index in [1.165, 1.54) is 12.8 Å². The number of nitriles is 1. The molecule has 1 heterocycles. The van der Waals surface area contributed by atoms with Gasteiger partial charge in [0.05, 0.1) is 25.4 Å². The Morgan fingerprint density at radius 1 is 1.53 bits per heavy atom. The van der Waals surface area contributed by atoms with Gasteiger partial charge in [-0.2, -0.15) is 5.26 Å². The molecule has 0 radical (unpaired) electrons. The van der Waals surface area contributed by atoms with Crippen LogP contribution in [0.3, 0.4) is 0 Å². The first-order valence-corrected chi connectivity index (χ1v) is 5.60. The van der Waals surface area contributed by atoms with Crippen molar-refractivity contribution >= 4 is 0 Å². The van der Waals surface area contributed by atoms with Gasteiger partial charge < -0.3 is 9.84 Å². The van der Waals surface area contributed by atoms with Crippen molar-refractivity contribution in [3.8, 4) is 6.07 Å². The molecule has 0 aromatic carbocycles. The monoisotopic (exact) mass is 210 g/mol. The van der Waals surface area contributed by atoms with Crippen molar-refractivity contribution in [3.63, 3.8) is 0 Å². The van der Waals surface area contributed by atoms with E-state index >= 15 is 0 Å². The van der Waals surface area contributed by atoms with E-state index in [-0.39, 0.29) is 18.1 Å². The summed E-state index contributed by atoms with van der Waals surface area (Å²) < 4.78 is 5.40. The summed E-state index contributed by atoms with van der Waals surface area (Å²) in [6.07, 6.45) is 3.01. The van der Waals surface area contributed by atoms with E-state index in [4.69, 9.17) is 15.1 Å². The van der Waals surface area contributed by atoms with Crippen LogP contribution < -0.4 is 0 Å². The number of hydrogen-bond acceptors (Lipinski definition) is 4. The van der Waals surface area contributed by atoms with E-state index in [1.54, 1.807) is 0 Å². The number of aliphatic hydroxyl groups excluding tert-OH is 1. The van der Waals surface area contributed by atoms with E-state index in [0.29, 0.717) is 13.0 Å². The first-order chi connectivity index (χ1) is 7.28. The minimum absolute atomic E-state index is 0.0309. The lowest BCUT2D eigenvalue weighted by Gasteiger charge is -2.34. The molecule has 1 saturated heterocycles. The summed E-state index contributed by atoms with van der Waals surface area (Å²) in [4.78, 5) is 2.33. The van der Waals surface area contributed by atoms with Crippen LogP contribution in [0.2, 0.25) is 0 Å². The number of morpholine rings is 1. The zero-order valence-electron chi connectivity index (χ0n) is 8.98. The van der Waals surface area contributed by atoms with Gasteiger partial charge in [-0.05, 0) is 18.3 Å². The van der Waals surface area contributed by atoms with Crippen LogP contribution in [0.4, 0.5) is 0 Å². The fraction of sp³-hybridized carbons (Fsp3) is 0.909. The Labute approximate surface area is 90.4 Å². The normalized spacial score (nSPS) is 29.7. The van der Waals surface area contributed by atoms with Gasteiger partial charge in [-0.3, -0.25) is 4.90 Å².